The third-order valence-electron chi connectivity index (χ3n) is 5.77. The molecule has 5 N–H and O–H groups in total. The Labute approximate surface area is 187 Å². The maximum absolute atomic E-state index is 12.8. The summed E-state index contributed by atoms with van der Waals surface area (Å²) < 4.78 is 1.31. The summed E-state index contributed by atoms with van der Waals surface area (Å²) >= 11 is 0. The van der Waals surface area contributed by atoms with E-state index in [0.717, 1.165) is 36.9 Å². The van der Waals surface area contributed by atoms with Crippen LogP contribution in [0.2, 0.25) is 0 Å². The van der Waals surface area contributed by atoms with Crippen LogP contribution in [-0.4, -0.2) is 26.3 Å². The number of rotatable bonds is 8. The molecule has 0 spiro atoms. The van der Waals surface area contributed by atoms with E-state index in [1.165, 1.54) is 17.2 Å². The lowest BCUT2D eigenvalue weighted by molar-refractivity contribution is -0.122. The second-order valence-corrected chi connectivity index (χ2v) is 8.28. The predicted molar refractivity (Wildman–Crippen MR) is 121 cm³/mol. The van der Waals surface area contributed by atoms with Crippen molar-refractivity contribution in [2.75, 3.05) is 11.2 Å². The van der Waals surface area contributed by atoms with E-state index in [2.05, 4.69) is 26.1 Å². The van der Waals surface area contributed by atoms with Crippen LogP contribution in [0.15, 0.2) is 23.1 Å². The van der Waals surface area contributed by atoms with Crippen molar-refractivity contribution in [1.29, 1.82) is 0 Å². The largest absolute Gasteiger partial charge is 0.384 e. The number of pyridine rings is 1. The Morgan fingerprint density at radius 3 is 2.62 bits per heavy atom. The summed E-state index contributed by atoms with van der Waals surface area (Å²) in [6.07, 6.45) is 7.58. The molecule has 32 heavy (non-hydrogen) atoms. The molecule has 1 aliphatic carbocycles. The van der Waals surface area contributed by atoms with E-state index < -0.39 is 5.56 Å². The van der Waals surface area contributed by atoms with Crippen LogP contribution in [-0.2, 0) is 22.7 Å². The van der Waals surface area contributed by atoms with E-state index in [1.54, 1.807) is 19.1 Å². The molecule has 1 aliphatic rings. The predicted octanol–water partition coefficient (Wildman–Crippen LogP) is 1.57. The van der Waals surface area contributed by atoms with Gasteiger partial charge in [-0.2, -0.15) is 0 Å². The molecule has 10 nitrogen and oxygen atoms in total. The molecule has 2 aromatic heterocycles. The van der Waals surface area contributed by atoms with Crippen molar-refractivity contribution in [3.8, 4) is 0 Å². The zero-order valence-electron chi connectivity index (χ0n) is 18.6. The van der Waals surface area contributed by atoms with Crippen molar-refractivity contribution in [2.45, 2.75) is 65.5 Å². The van der Waals surface area contributed by atoms with E-state index in [0.29, 0.717) is 23.9 Å². The van der Waals surface area contributed by atoms with Gasteiger partial charge in [-0.05, 0) is 44.2 Å². The van der Waals surface area contributed by atoms with E-state index in [1.807, 2.05) is 6.92 Å². The number of nitrogens with zero attached hydrogens (tertiary/aromatic N) is 3. The van der Waals surface area contributed by atoms with Crippen LogP contribution in [0.4, 0.5) is 11.6 Å². The molecule has 2 amide bonds. The number of hydrazine groups is 1. The van der Waals surface area contributed by atoms with Gasteiger partial charge in [-0.25, -0.2) is 9.97 Å². The highest BCUT2D eigenvalue weighted by Gasteiger charge is 2.18. The fraction of sp³-hybridized carbons (Fsp3) is 0.500. The summed E-state index contributed by atoms with van der Waals surface area (Å²) in [5, 5.41) is 2.79. The average Bonchev–Trinajstić information content (AvgIpc) is 2.76. The molecule has 0 aromatic carbocycles. The number of nitrogens with two attached hydrogens (primary N) is 1. The van der Waals surface area contributed by atoms with Gasteiger partial charge in [-0.15, -0.1) is 0 Å². The SMILES string of the molecule is Cc1nc(N)ccc1CNC(=O)Cn1c(C)cnc(NNC(=O)CC2CCCCC2)c1=O. The minimum atomic E-state index is -0.483. The number of hydrogen-bond donors (Lipinski definition) is 4. The maximum Gasteiger partial charge on any atom is 0.295 e. The molecule has 10 heteroatoms. The van der Waals surface area contributed by atoms with Crippen LogP contribution < -0.4 is 27.5 Å². The van der Waals surface area contributed by atoms with Gasteiger partial charge in [0.2, 0.25) is 17.6 Å². The number of aromatic nitrogens is 3. The van der Waals surface area contributed by atoms with Gasteiger partial charge >= 0.3 is 0 Å². The molecule has 1 fully saturated rings. The van der Waals surface area contributed by atoms with Crippen molar-refractivity contribution in [3.63, 3.8) is 0 Å². The Morgan fingerprint density at radius 2 is 1.91 bits per heavy atom. The highest BCUT2D eigenvalue weighted by atomic mass is 16.2. The molecule has 2 aromatic rings. The van der Waals surface area contributed by atoms with Gasteiger partial charge in [-0.3, -0.25) is 29.8 Å². The lowest BCUT2D eigenvalue weighted by atomic mass is 9.87. The first-order valence-electron chi connectivity index (χ1n) is 10.9. The molecule has 1 saturated carbocycles. The smallest absolute Gasteiger partial charge is 0.295 e. The maximum atomic E-state index is 12.8. The molecule has 0 atom stereocenters. The third-order valence-corrected chi connectivity index (χ3v) is 5.77. The van der Waals surface area contributed by atoms with Gasteiger partial charge in [0.05, 0.1) is 0 Å². The minimum absolute atomic E-state index is 0.0287. The molecule has 2 heterocycles. The topological polar surface area (TPSA) is 144 Å². The lowest BCUT2D eigenvalue weighted by Gasteiger charge is -2.21. The second-order valence-electron chi connectivity index (χ2n) is 8.28. The van der Waals surface area contributed by atoms with Crippen molar-refractivity contribution >= 4 is 23.5 Å². The number of nitrogen functional groups attached to an aromatic ring is 1. The van der Waals surface area contributed by atoms with Crippen molar-refractivity contribution in [1.82, 2.24) is 25.3 Å². The first-order chi connectivity index (χ1) is 15.3. The van der Waals surface area contributed by atoms with Gasteiger partial charge in [0, 0.05) is 30.6 Å². The molecule has 0 aliphatic heterocycles. The standard InChI is InChI=1S/C22H31N7O3/c1-14-11-25-21(28-27-19(30)10-16-6-4-3-5-7-16)22(32)29(14)13-20(31)24-12-17-8-9-18(23)26-15(17)2/h8-9,11,16H,3-7,10,12-13H2,1-2H3,(H2,23,26)(H,24,31)(H,25,28)(H,27,30). The monoisotopic (exact) mass is 441 g/mol. The summed E-state index contributed by atoms with van der Waals surface area (Å²) in [4.78, 5) is 45.7. The Kier molecular flexibility index (Phi) is 7.80. The van der Waals surface area contributed by atoms with Crippen molar-refractivity contribution in [3.05, 3.63) is 45.6 Å². The number of nitrogens with one attached hydrogen (secondary N) is 3. The van der Waals surface area contributed by atoms with Crippen LogP contribution in [0.3, 0.4) is 0 Å². The molecule has 0 saturated heterocycles. The lowest BCUT2D eigenvalue weighted by Crippen LogP contribution is -2.38. The number of amides is 2. The highest BCUT2D eigenvalue weighted by Crippen LogP contribution is 2.26. The average molecular weight is 442 g/mol. The quantitative estimate of drug-likeness (QED) is 0.455. The number of anilines is 2. The third kappa shape index (κ3) is 6.29. The Morgan fingerprint density at radius 1 is 1.16 bits per heavy atom. The van der Waals surface area contributed by atoms with Gasteiger partial charge in [0.15, 0.2) is 0 Å². The van der Waals surface area contributed by atoms with Gasteiger partial charge in [0.1, 0.15) is 12.4 Å². The molecular weight excluding hydrogens is 410 g/mol. The van der Waals surface area contributed by atoms with Gasteiger partial charge in [0.25, 0.3) is 5.56 Å². The van der Waals surface area contributed by atoms with Crippen LogP contribution in [0, 0.1) is 19.8 Å². The van der Waals surface area contributed by atoms with Gasteiger partial charge in [-0.1, -0.05) is 25.3 Å². The summed E-state index contributed by atoms with van der Waals surface area (Å²) in [5.41, 5.74) is 12.5. The fourth-order valence-corrected chi connectivity index (χ4v) is 3.88. The summed E-state index contributed by atoms with van der Waals surface area (Å²) in [6.45, 7) is 3.62. The normalized spacial score (nSPS) is 14.1. The first kappa shape index (κ1) is 23.2. The minimum Gasteiger partial charge on any atom is -0.384 e. The summed E-state index contributed by atoms with van der Waals surface area (Å²) in [6, 6.07) is 3.48. The van der Waals surface area contributed by atoms with Gasteiger partial charge < -0.3 is 11.1 Å². The molecule has 172 valence electrons. The van der Waals surface area contributed by atoms with Crippen LogP contribution in [0.25, 0.3) is 0 Å². The Balaban J connectivity index is 1.57. The van der Waals surface area contributed by atoms with Crippen LogP contribution in [0.1, 0.15) is 55.5 Å². The zero-order valence-corrected chi connectivity index (χ0v) is 18.6. The van der Waals surface area contributed by atoms with Crippen LogP contribution >= 0.6 is 0 Å². The molecule has 0 bridgehead atoms. The zero-order chi connectivity index (χ0) is 23.1. The van der Waals surface area contributed by atoms with Crippen molar-refractivity contribution < 1.29 is 9.59 Å². The second kappa shape index (κ2) is 10.7. The molecular formula is C22H31N7O3. The van der Waals surface area contributed by atoms with E-state index in [4.69, 9.17) is 5.73 Å². The van der Waals surface area contributed by atoms with Crippen LogP contribution in [0.5, 0.6) is 0 Å². The first-order valence-corrected chi connectivity index (χ1v) is 10.9. The highest BCUT2D eigenvalue weighted by molar-refractivity contribution is 5.77. The number of carbonyl (C=O) groups excluding carboxylic acids is 2. The summed E-state index contributed by atoms with van der Waals surface area (Å²) in [7, 11) is 0. The van der Waals surface area contributed by atoms with E-state index >= 15 is 0 Å². The van der Waals surface area contributed by atoms with E-state index in [-0.39, 0.29) is 30.7 Å². The Bertz CT molecular complexity index is 1030. The molecule has 0 radical (unpaired) electrons. The number of carbonyl (C=O) groups is 2. The number of hydrogen-bond acceptors (Lipinski definition) is 7. The summed E-state index contributed by atoms with van der Waals surface area (Å²) in [5.74, 6) is 0.276. The van der Waals surface area contributed by atoms with E-state index in [9.17, 15) is 14.4 Å². The number of aryl methyl sites for hydroxylation is 2. The molecule has 3 rings (SSSR count). The fourth-order valence-electron chi connectivity index (χ4n) is 3.88. The Hall–Kier alpha value is -3.43. The molecule has 0 unspecified atom stereocenters. The van der Waals surface area contributed by atoms with Crippen molar-refractivity contribution in [2.24, 2.45) is 5.92 Å².